The second-order valence-electron chi connectivity index (χ2n) is 3.12. The van der Waals surface area contributed by atoms with Crippen LogP contribution < -0.4 is 0 Å². The highest BCUT2D eigenvalue weighted by Crippen LogP contribution is 2.19. The Morgan fingerprint density at radius 2 is 2.00 bits per heavy atom. The van der Waals surface area contributed by atoms with Crippen LogP contribution in [0.3, 0.4) is 0 Å². The molecule has 0 saturated carbocycles. The van der Waals surface area contributed by atoms with Crippen LogP contribution >= 0.6 is 0 Å². The fraction of sp³-hybridized carbons (Fsp3) is 0.625. The average molecular weight is 139 g/mol. The molecule has 0 aromatic carbocycles. The molecule has 1 aliphatic rings. The molecular weight excluding hydrogens is 126 g/mol. The summed E-state index contributed by atoms with van der Waals surface area (Å²) in [5.74, 6) is 0.755. The first-order valence-corrected chi connectivity index (χ1v) is 3.43. The van der Waals surface area contributed by atoms with Gasteiger partial charge in [0, 0.05) is 12.6 Å². The molecule has 0 atom stereocenters. The Balaban J connectivity index is 2.88. The van der Waals surface area contributed by atoms with Crippen LogP contribution in [-0.4, -0.2) is 11.5 Å². The van der Waals surface area contributed by atoms with E-state index in [0.29, 0.717) is 0 Å². The average Bonchev–Trinajstić information content (AvgIpc) is 1.54. The summed E-state index contributed by atoms with van der Waals surface area (Å²) < 4.78 is 5.42. The minimum atomic E-state index is -0.171. The van der Waals surface area contributed by atoms with Gasteiger partial charge in [-0.2, -0.15) is 0 Å². The lowest BCUT2D eigenvalue weighted by Gasteiger charge is -2.26. The first-order valence-electron chi connectivity index (χ1n) is 3.43. The molecule has 56 valence electrons. The second-order valence-corrected chi connectivity index (χ2v) is 3.12. The van der Waals surface area contributed by atoms with Crippen LogP contribution in [0.4, 0.5) is 0 Å². The third-order valence-electron chi connectivity index (χ3n) is 1.30. The Bertz CT molecular complexity index is 201. The van der Waals surface area contributed by atoms with Gasteiger partial charge < -0.3 is 4.74 Å². The minimum absolute atomic E-state index is 0.171. The van der Waals surface area contributed by atoms with E-state index in [0.717, 1.165) is 11.6 Å². The van der Waals surface area contributed by atoms with Gasteiger partial charge in [0.15, 0.2) is 5.90 Å². The smallest absolute Gasteiger partial charge is 0.185 e. The summed E-state index contributed by atoms with van der Waals surface area (Å²) in [6.07, 6.45) is 2.01. The standard InChI is InChI=1S/C8H13NO/c1-6-5-8(3,4)10-7(2)9-6/h5H,1-4H3. The Morgan fingerprint density at radius 1 is 1.40 bits per heavy atom. The molecule has 0 N–H and O–H groups in total. The van der Waals surface area contributed by atoms with Gasteiger partial charge in [0.05, 0.1) is 0 Å². The molecule has 10 heavy (non-hydrogen) atoms. The minimum Gasteiger partial charge on any atom is -0.471 e. The van der Waals surface area contributed by atoms with Crippen molar-refractivity contribution in [2.45, 2.75) is 33.3 Å². The van der Waals surface area contributed by atoms with Crippen molar-refractivity contribution in [1.29, 1.82) is 0 Å². The maximum Gasteiger partial charge on any atom is 0.185 e. The summed E-state index contributed by atoms with van der Waals surface area (Å²) in [5, 5.41) is 0. The number of ether oxygens (including phenoxy) is 1. The van der Waals surface area contributed by atoms with Crippen LogP contribution in [0.2, 0.25) is 0 Å². The SMILES string of the molecule is CC1=CC(C)(C)OC(C)=N1. The third-order valence-corrected chi connectivity index (χ3v) is 1.30. The van der Waals surface area contributed by atoms with Gasteiger partial charge in [0.1, 0.15) is 5.60 Å². The molecule has 2 heteroatoms. The van der Waals surface area contributed by atoms with Gasteiger partial charge >= 0.3 is 0 Å². The molecule has 0 fully saturated rings. The monoisotopic (exact) mass is 139 g/mol. The first kappa shape index (κ1) is 7.32. The first-order chi connectivity index (χ1) is 4.49. The van der Waals surface area contributed by atoms with E-state index in [4.69, 9.17) is 4.74 Å². The number of aliphatic imine (C=N–C) groups is 1. The van der Waals surface area contributed by atoms with Crippen LogP contribution in [0, 0.1) is 0 Å². The van der Waals surface area contributed by atoms with Crippen LogP contribution in [0.25, 0.3) is 0 Å². The molecule has 0 aromatic heterocycles. The highest BCUT2D eigenvalue weighted by atomic mass is 16.5. The van der Waals surface area contributed by atoms with Crippen molar-refractivity contribution in [3.8, 4) is 0 Å². The van der Waals surface area contributed by atoms with Gasteiger partial charge in [-0.05, 0) is 26.8 Å². The van der Waals surface area contributed by atoms with Gasteiger partial charge in [-0.1, -0.05) is 0 Å². The van der Waals surface area contributed by atoms with Crippen LogP contribution in [0.1, 0.15) is 27.7 Å². The van der Waals surface area contributed by atoms with E-state index in [1.165, 1.54) is 0 Å². The number of hydrogen-bond donors (Lipinski definition) is 0. The van der Waals surface area contributed by atoms with Crippen molar-refractivity contribution in [1.82, 2.24) is 0 Å². The highest BCUT2D eigenvalue weighted by molar-refractivity contribution is 5.75. The van der Waals surface area contributed by atoms with Crippen molar-refractivity contribution in [3.05, 3.63) is 11.8 Å². The van der Waals surface area contributed by atoms with E-state index < -0.39 is 0 Å². The molecular formula is C8H13NO. The lowest BCUT2D eigenvalue weighted by molar-refractivity contribution is 0.140. The second kappa shape index (κ2) is 2.11. The van der Waals surface area contributed by atoms with Gasteiger partial charge in [-0.15, -0.1) is 0 Å². The van der Waals surface area contributed by atoms with Crippen molar-refractivity contribution >= 4 is 5.90 Å². The molecule has 0 spiro atoms. The topological polar surface area (TPSA) is 21.6 Å². The third kappa shape index (κ3) is 1.59. The molecule has 0 unspecified atom stereocenters. The predicted molar refractivity (Wildman–Crippen MR) is 42.0 cm³/mol. The molecule has 0 aromatic rings. The molecule has 2 nitrogen and oxygen atoms in total. The van der Waals surface area contributed by atoms with Gasteiger partial charge in [-0.3, -0.25) is 0 Å². The summed E-state index contributed by atoms with van der Waals surface area (Å²) in [4.78, 5) is 4.13. The van der Waals surface area contributed by atoms with Crippen molar-refractivity contribution in [2.24, 2.45) is 4.99 Å². The summed E-state index contributed by atoms with van der Waals surface area (Å²) in [6, 6.07) is 0. The van der Waals surface area contributed by atoms with E-state index in [1.54, 1.807) is 0 Å². The lowest BCUT2D eigenvalue weighted by atomic mass is 10.1. The van der Waals surface area contributed by atoms with Gasteiger partial charge in [0.2, 0.25) is 0 Å². The summed E-state index contributed by atoms with van der Waals surface area (Å²) in [5.41, 5.74) is 0.865. The van der Waals surface area contributed by atoms with Crippen LogP contribution in [0.15, 0.2) is 16.8 Å². The van der Waals surface area contributed by atoms with Crippen LogP contribution in [0.5, 0.6) is 0 Å². The lowest BCUT2D eigenvalue weighted by Crippen LogP contribution is -2.27. The normalized spacial score (nSPS) is 22.8. The summed E-state index contributed by atoms with van der Waals surface area (Å²) >= 11 is 0. The Morgan fingerprint density at radius 3 is 2.40 bits per heavy atom. The van der Waals surface area contributed by atoms with Gasteiger partial charge in [0.25, 0.3) is 0 Å². The van der Waals surface area contributed by atoms with E-state index in [2.05, 4.69) is 4.99 Å². The zero-order valence-electron chi connectivity index (χ0n) is 6.93. The van der Waals surface area contributed by atoms with Crippen molar-refractivity contribution in [2.75, 3.05) is 0 Å². The Labute approximate surface area is 61.6 Å². The molecule has 1 heterocycles. The molecule has 1 rings (SSSR count). The number of nitrogens with zero attached hydrogens (tertiary/aromatic N) is 1. The molecule has 0 radical (unpaired) electrons. The highest BCUT2D eigenvalue weighted by Gasteiger charge is 2.20. The fourth-order valence-electron chi connectivity index (χ4n) is 1.22. The maximum atomic E-state index is 5.42. The molecule has 0 saturated heterocycles. The van der Waals surface area contributed by atoms with Gasteiger partial charge in [-0.25, -0.2) is 4.99 Å². The van der Waals surface area contributed by atoms with Crippen LogP contribution in [-0.2, 0) is 4.74 Å². The molecule has 0 aliphatic carbocycles. The molecule has 0 bridgehead atoms. The van der Waals surface area contributed by atoms with E-state index >= 15 is 0 Å². The summed E-state index contributed by atoms with van der Waals surface area (Å²) in [6.45, 7) is 7.90. The fourth-order valence-corrected chi connectivity index (χ4v) is 1.22. The maximum absolute atomic E-state index is 5.42. The van der Waals surface area contributed by atoms with Crippen molar-refractivity contribution in [3.63, 3.8) is 0 Å². The van der Waals surface area contributed by atoms with E-state index in [9.17, 15) is 0 Å². The number of allylic oxidation sites excluding steroid dienone is 1. The zero-order valence-corrected chi connectivity index (χ0v) is 6.93. The zero-order chi connectivity index (χ0) is 7.78. The van der Waals surface area contributed by atoms with E-state index in [-0.39, 0.29) is 5.60 Å². The summed E-state index contributed by atoms with van der Waals surface area (Å²) in [7, 11) is 0. The number of hydrogen-bond acceptors (Lipinski definition) is 2. The molecule has 1 aliphatic heterocycles. The van der Waals surface area contributed by atoms with E-state index in [1.807, 2.05) is 33.8 Å². The largest absolute Gasteiger partial charge is 0.471 e. The predicted octanol–water partition coefficient (Wildman–Crippen LogP) is 2.12. The van der Waals surface area contributed by atoms with Crippen molar-refractivity contribution < 1.29 is 4.74 Å². The quantitative estimate of drug-likeness (QED) is 0.503. The molecule has 0 amide bonds. The number of rotatable bonds is 0. The Kier molecular flexibility index (Phi) is 1.55. The Hall–Kier alpha value is -0.790.